The molecule has 2 N–H and O–H groups in total. The fourth-order valence-electron chi connectivity index (χ4n) is 6.84. The topological polar surface area (TPSA) is 50.1 Å². The van der Waals surface area contributed by atoms with Crippen molar-refractivity contribution in [2.24, 2.45) is 23.7 Å². The van der Waals surface area contributed by atoms with Gasteiger partial charge in [0.1, 0.15) is 6.23 Å². The summed E-state index contributed by atoms with van der Waals surface area (Å²) in [7, 11) is 0. The Bertz CT molecular complexity index is 1010. The summed E-state index contributed by atoms with van der Waals surface area (Å²) in [6.07, 6.45) is 2.37. The van der Waals surface area contributed by atoms with Crippen molar-refractivity contribution in [3.8, 4) is 5.69 Å². The van der Waals surface area contributed by atoms with Gasteiger partial charge in [-0.05, 0) is 74.0 Å². The third-order valence-corrected chi connectivity index (χ3v) is 8.21. The van der Waals surface area contributed by atoms with Crippen molar-refractivity contribution in [1.82, 2.24) is 15.1 Å². The second kappa shape index (κ2) is 7.99. The summed E-state index contributed by atoms with van der Waals surface area (Å²) in [6.45, 7) is 5.92. The molecule has 4 aliphatic carbocycles. The largest absolute Gasteiger partial charge is 0.417 e. The first kappa shape index (κ1) is 23.2. The fourth-order valence-corrected chi connectivity index (χ4v) is 7.06. The molecule has 0 spiro atoms. The molecule has 4 bridgehead atoms. The molecule has 33 heavy (non-hydrogen) atoms. The molecule has 4 saturated carbocycles. The summed E-state index contributed by atoms with van der Waals surface area (Å²) < 4.78 is 41.9. The first-order chi connectivity index (χ1) is 15.4. The Hall–Kier alpha value is -1.57. The molecule has 4 fully saturated rings. The van der Waals surface area contributed by atoms with E-state index in [9.17, 15) is 18.3 Å². The number of aliphatic hydroxyl groups excluding tert-OH is 1. The van der Waals surface area contributed by atoms with Crippen molar-refractivity contribution in [1.29, 1.82) is 0 Å². The van der Waals surface area contributed by atoms with Gasteiger partial charge in [-0.15, -0.1) is 0 Å². The van der Waals surface area contributed by atoms with Crippen molar-refractivity contribution in [3.05, 3.63) is 46.2 Å². The lowest BCUT2D eigenvalue weighted by Crippen LogP contribution is -2.55. The minimum Gasteiger partial charge on any atom is -0.374 e. The van der Waals surface area contributed by atoms with E-state index in [1.807, 2.05) is 20.8 Å². The van der Waals surface area contributed by atoms with E-state index in [0.717, 1.165) is 17.9 Å². The summed E-state index contributed by atoms with van der Waals surface area (Å²) in [6, 6.07) is 4.07. The van der Waals surface area contributed by atoms with Crippen LogP contribution < -0.4 is 5.32 Å². The molecule has 1 aromatic heterocycles. The number of hydrogen-bond donors (Lipinski definition) is 2. The molecule has 4 aliphatic rings. The van der Waals surface area contributed by atoms with Gasteiger partial charge in [-0.25, -0.2) is 4.68 Å². The zero-order chi connectivity index (χ0) is 23.7. The number of nitrogens with one attached hydrogen (secondary N) is 1. The molecule has 0 radical (unpaired) electrons. The van der Waals surface area contributed by atoms with Gasteiger partial charge < -0.3 is 5.11 Å². The molecular formula is C25H31ClF3N3O. The van der Waals surface area contributed by atoms with Gasteiger partial charge >= 0.3 is 6.18 Å². The first-order valence-electron chi connectivity index (χ1n) is 11.8. The van der Waals surface area contributed by atoms with Crippen molar-refractivity contribution in [2.75, 3.05) is 0 Å². The number of rotatable bonds is 4. The van der Waals surface area contributed by atoms with Crippen LogP contribution in [0.15, 0.2) is 24.4 Å². The Morgan fingerprint density at radius 2 is 1.67 bits per heavy atom. The highest BCUT2D eigenvalue weighted by molar-refractivity contribution is 6.31. The third-order valence-electron chi connectivity index (χ3n) is 7.88. The molecule has 0 saturated heterocycles. The third kappa shape index (κ3) is 4.21. The Morgan fingerprint density at radius 3 is 2.21 bits per heavy atom. The van der Waals surface area contributed by atoms with Crippen LogP contribution in [0.4, 0.5) is 13.2 Å². The van der Waals surface area contributed by atoms with Crippen LogP contribution in [0.25, 0.3) is 5.69 Å². The predicted molar refractivity (Wildman–Crippen MR) is 121 cm³/mol. The standard InChI is InChI=1S/C25H31ClF3N3O/c1-24(2,3)22-18(12-30-32(22)17-4-5-20(26)19(11-17)25(27,28)29)23(33)31-21-15-7-13-6-14(9-15)10-16(21)8-13/h4-5,11-16,21,23,31,33H,6-10H2,1-3H3. The lowest BCUT2D eigenvalue weighted by Gasteiger charge is -2.55. The molecule has 4 nitrogen and oxygen atoms in total. The second-order valence-electron chi connectivity index (χ2n) is 11.3. The van der Waals surface area contributed by atoms with E-state index < -0.39 is 23.4 Å². The van der Waals surface area contributed by atoms with E-state index in [2.05, 4.69) is 10.4 Å². The monoisotopic (exact) mass is 481 g/mol. The summed E-state index contributed by atoms with van der Waals surface area (Å²) in [5, 5.41) is 18.8. The Labute approximate surface area is 197 Å². The van der Waals surface area contributed by atoms with Gasteiger partial charge in [0, 0.05) is 17.0 Å². The maximum absolute atomic E-state index is 13.5. The highest BCUT2D eigenvalue weighted by Gasteiger charge is 2.48. The van der Waals surface area contributed by atoms with E-state index in [0.29, 0.717) is 23.1 Å². The van der Waals surface area contributed by atoms with Crippen LogP contribution in [0.3, 0.4) is 0 Å². The zero-order valence-electron chi connectivity index (χ0n) is 19.2. The van der Waals surface area contributed by atoms with Crippen molar-refractivity contribution >= 4 is 11.6 Å². The van der Waals surface area contributed by atoms with Crippen LogP contribution >= 0.6 is 11.6 Å². The quantitative estimate of drug-likeness (QED) is 0.508. The predicted octanol–water partition coefficient (Wildman–Crippen LogP) is 6.25. The van der Waals surface area contributed by atoms with Gasteiger partial charge in [-0.1, -0.05) is 32.4 Å². The smallest absolute Gasteiger partial charge is 0.374 e. The molecule has 180 valence electrons. The van der Waals surface area contributed by atoms with Crippen LogP contribution in [-0.4, -0.2) is 20.9 Å². The molecule has 6 rings (SSSR count). The highest BCUT2D eigenvalue weighted by Crippen LogP contribution is 2.54. The van der Waals surface area contributed by atoms with Crippen LogP contribution in [0.1, 0.15) is 75.9 Å². The van der Waals surface area contributed by atoms with E-state index in [1.165, 1.54) is 48.9 Å². The molecule has 8 heteroatoms. The maximum atomic E-state index is 13.5. The van der Waals surface area contributed by atoms with Crippen LogP contribution in [0.2, 0.25) is 5.02 Å². The van der Waals surface area contributed by atoms with Crippen LogP contribution in [-0.2, 0) is 11.6 Å². The zero-order valence-corrected chi connectivity index (χ0v) is 19.9. The number of hydrogen-bond acceptors (Lipinski definition) is 3. The minimum atomic E-state index is -4.56. The molecular weight excluding hydrogens is 451 g/mol. The summed E-state index contributed by atoms with van der Waals surface area (Å²) in [4.78, 5) is 0. The normalized spacial score (nSPS) is 30.1. The molecule has 1 atom stereocenters. The van der Waals surface area contributed by atoms with Gasteiger partial charge in [0.25, 0.3) is 0 Å². The molecule has 1 heterocycles. The average Bonchev–Trinajstić information content (AvgIpc) is 3.15. The lowest BCUT2D eigenvalue weighted by atomic mass is 9.54. The van der Waals surface area contributed by atoms with Crippen molar-refractivity contribution in [3.63, 3.8) is 0 Å². The van der Waals surface area contributed by atoms with Gasteiger partial charge in [-0.2, -0.15) is 18.3 Å². The van der Waals surface area contributed by atoms with Gasteiger partial charge in [0.2, 0.25) is 0 Å². The summed E-state index contributed by atoms with van der Waals surface area (Å²) >= 11 is 5.82. The van der Waals surface area contributed by atoms with Gasteiger partial charge in [0.15, 0.2) is 0 Å². The molecule has 0 amide bonds. The molecule has 1 unspecified atom stereocenters. The van der Waals surface area contributed by atoms with Gasteiger partial charge in [0.05, 0.1) is 28.2 Å². The number of aliphatic hydroxyl groups is 1. The van der Waals surface area contributed by atoms with E-state index in [1.54, 1.807) is 6.20 Å². The lowest BCUT2D eigenvalue weighted by molar-refractivity contribution is -0.137. The Balaban J connectivity index is 1.47. The maximum Gasteiger partial charge on any atom is 0.417 e. The second-order valence-corrected chi connectivity index (χ2v) is 11.7. The van der Waals surface area contributed by atoms with E-state index in [-0.39, 0.29) is 16.8 Å². The van der Waals surface area contributed by atoms with Crippen LogP contribution in [0.5, 0.6) is 0 Å². The Morgan fingerprint density at radius 1 is 1.06 bits per heavy atom. The summed E-state index contributed by atoms with van der Waals surface area (Å²) in [5.74, 6) is 2.86. The van der Waals surface area contributed by atoms with Crippen LogP contribution in [0, 0.1) is 23.7 Å². The summed E-state index contributed by atoms with van der Waals surface area (Å²) in [5.41, 5.74) is 0.202. The SMILES string of the molecule is CC(C)(C)c1c(C(O)NC2C3CC4CC(C3)CC2C4)cnn1-c1ccc(Cl)c(C(F)(F)F)c1. The number of halogens is 4. The van der Waals surface area contributed by atoms with Crippen molar-refractivity contribution in [2.45, 2.75) is 76.7 Å². The molecule has 1 aromatic carbocycles. The number of nitrogens with zero attached hydrogens (tertiary/aromatic N) is 2. The average molecular weight is 482 g/mol. The Kier molecular flexibility index (Phi) is 5.61. The van der Waals surface area contributed by atoms with Gasteiger partial charge in [-0.3, -0.25) is 5.32 Å². The van der Waals surface area contributed by atoms with E-state index >= 15 is 0 Å². The van der Waals surface area contributed by atoms with Crippen molar-refractivity contribution < 1.29 is 18.3 Å². The number of aromatic nitrogens is 2. The highest BCUT2D eigenvalue weighted by atomic mass is 35.5. The molecule has 0 aliphatic heterocycles. The fraction of sp³-hybridized carbons (Fsp3) is 0.640. The number of benzene rings is 1. The van der Waals surface area contributed by atoms with E-state index in [4.69, 9.17) is 11.6 Å². The first-order valence-corrected chi connectivity index (χ1v) is 12.2. The minimum absolute atomic E-state index is 0.268. The molecule has 2 aromatic rings. The number of alkyl halides is 3.